The minimum Gasteiger partial charge on any atom is -0.406 e. The molecule has 0 N–H and O–H groups in total. The Kier molecular flexibility index (Phi) is 1.09. The lowest BCUT2D eigenvalue weighted by molar-refractivity contribution is 0.211. The molecule has 1 aromatic rings. The van der Waals surface area contributed by atoms with Crippen LogP contribution in [0.1, 0.15) is 0 Å². The van der Waals surface area contributed by atoms with Crippen molar-refractivity contribution in [1.82, 2.24) is 5.32 Å². The molecule has 0 saturated carbocycles. The van der Waals surface area contributed by atoms with E-state index in [1.807, 2.05) is 0 Å². The predicted molar refractivity (Wildman–Crippen MR) is 34.2 cm³/mol. The van der Waals surface area contributed by atoms with E-state index in [4.69, 9.17) is 0 Å². The van der Waals surface area contributed by atoms with Gasteiger partial charge in [-0.3, -0.25) is 0 Å². The molecule has 0 spiro atoms. The van der Waals surface area contributed by atoms with Crippen molar-refractivity contribution in [2.24, 2.45) is 0 Å². The lowest BCUT2D eigenvalue weighted by Crippen LogP contribution is -2.06. The first-order valence-electron chi connectivity index (χ1n) is 2.99. The Morgan fingerprint density at radius 2 is 2.27 bits per heavy atom. The van der Waals surface area contributed by atoms with Gasteiger partial charge in [-0.1, -0.05) is 6.07 Å². The zero-order chi connectivity index (χ0) is 7.84. The molecule has 1 aromatic carbocycles. The monoisotopic (exact) mass is 152 g/mol. The summed E-state index contributed by atoms with van der Waals surface area (Å²) in [4.78, 5) is 10.5. The maximum absolute atomic E-state index is 12.7. The van der Waals surface area contributed by atoms with Gasteiger partial charge < -0.3 is 4.74 Å². The van der Waals surface area contributed by atoms with Crippen molar-refractivity contribution in [3.8, 4) is 5.75 Å². The van der Waals surface area contributed by atoms with Gasteiger partial charge in [0, 0.05) is 0 Å². The highest BCUT2D eigenvalue weighted by atomic mass is 19.1. The van der Waals surface area contributed by atoms with Gasteiger partial charge in [0.25, 0.3) is 0 Å². The number of carbonyl (C=O) groups excluding carboxylic acids is 1. The maximum atomic E-state index is 12.7. The molecule has 0 atom stereocenters. The maximum Gasteiger partial charge on any atom is 0.439 e. The number of nitrogens with zero attached hydrogens (tertiary/aromatic N) is 1. The van der Waals surface area contributed by atoms with Gasteiger partial charge >= 0.3 is 6.09 Å². The van der Waals surface area contributed by atoms with E-state index in [-0.39, 0.29) is 11.4 Å². The summed E-state index contributed by atoms with van der Waals surface area (Å²) >= 11 is 0. The molecule has 2 rings (SSSR count). The van der Waals surface area contributed by atoms with Crippen LogP contribution < -0.4 is 10.1 Å². The SMILES string of the molecule is O=C1[N]c2c(F)cccc2O1. The molecule has 3 nitrogen and oxygen atoms in total. The molecule has 1 aliphatic rings. The van der Waals surface area contributed by atoms with Gasteiger partial charge in [0.15, 0.2) is 11.6 Å². The van der Waals surface area contributed by atoms with Crippen LogP contribution in [0, 0.1) is 5.82 Å². The lowest BCUT2D eigenvalue weighted by atomic mass is 10.3. The average molecular weight is 152 g/mol. The van der Waals surface area contributed by atoms with E-state index in [0.29, 0.717) is 0 Å². The van der Waals surface area contributed by atoms with Gasteiger partial charge in [0.1, 0.15) is 5.69 Å². The number of carbonyl (C=O) groups is 1. The van der Waals surface area contributed by atoms with Crippen LogP contribution in [0.15, 0.2) is 18.2 Å². The number of fused-ring (bicyclic) bond motifs is 1. The number of rotatable bonds is 0. The molecule has 11 heavy (non-hydrogen) atoms. The third kappa shape index (κ3) is 0.832. The van der Waals surface area contributed by atoms with E-state index in [2.05, 4.69) is 10.1 Å². The van der Waals surface area contributed by atoms with Crippen LogP contribution in [0.25, 0.3) is 0 Å². The van der Waals surface area contributed by atoms with Crippen LogP contribution in [0.2, 0.25) is 0 Å². The van der Waals surface area contributed by atoms with Crippen LogP contribution >= 0.6 is 0 Å². The van der Waals surface area contributed by atoms with Gasteiger partial charge in [-0.2, -0.15) is 5.32 Å². The summed E-state index contributed by atoms with van der Waals surface area (Å²) in [6.45, 7) is 0. The Labute approximate surface area is 61.8 Å². The lowest BCUT2D eigenvalue weighted by Gasteiger charge is -1.92. The molecule has 4 heteroatoms. The fourth-order valence-corrected chi connectivity index (χ4v) is 0.895. The summed E-state index contributed by atoms with van der Waals surface area (Å²) in [5.41, 5.74) is -0.00231. The van der Waals surface area contributed by atoms with Crippen molar-refractivity contribution < 1.29 is 13.9 Å². The molecule has 1 radical (unpaired) electrons. The number of hydrogen-bond donors (Lipinski definition) is 0. The Morgan fingerprint density at radius 3 is 3.00 bits per heavy atom. The van der Waals surface area contributed by atoms with E-state index >= 15 is 0 Å². The van der Waals surface area contributed by atoms with Crippen LogP contribution in [0.4, 0.5) is 14.9 Å². The van der Waals surface area contributed by atoms with Gasteiger partial charge in [0.05, 0.1) is 0 Å². The highest BCUT2D eigenvalue weighted by molar-refractivity contribution is 5.84. The number of benzene rings is 1. The Hall–Kier alpha value is -1.58. The zero-order valence-corrected chi connectivity index (χ0v) is 5.37. The summed E-state index contributed by atoms with van der Waals surface area (Å²) < 4.78 is 17.3. The second-order valence-electron chi connectivity index (χ2n) is 2.07. The highest BCUT2D eigenvalue weighted by Gasteiger charge is 2.24. The molecule has 0 saturated heterocycles. The quantitative estimate of drug-likeness (QED) is 0.566. The molecule has 0 aliphatic carbocycles. The third-order valence-corrected chi connectivity index (χ3v) is 1.35. The van der Waals surface area contributed by atoms with Gasteiger partial charge in [-0.25, -0.2) is 9.18 Å². The predicted octanol–water partition coefficient (Wildman–Crippen LogP) is 1.57. The third-order valence-electron chi connectivity index (χ3n) is 1.35. The van der Waals surface area contributed by atoms with Crippen molar-refractivity contribution >= 4 is 11.8 Å². The minimum atomic E-state index is -0.759. The molecule has 1 amide bonds. The first-order valence-corrected chi connectivity index (χ1v) is 2.99. The number of ether oxygens (including phenoxy) is 1. The smallest absolute Gasteiger partial charge is 0.406 e. The van der Waals surface area contributed by atoms with Crippen LogP contribution in [0.5, 0.6) is 5.75 Å². The van der Waals surface area contributed by atoms with Gasteiger partial charge in [0.2, 0.25) is 0 Å². The molecular formula is C7H3FNO2. The van der Waals surface area contributed by atoms with E-state index in [1.54, 1.807) is 0 Å². The first kappa shape index (κ1) is 6.15. The Morgan fingerprint density at radius 1 is 1.45 bits per heavy atom. The van der Waals surface area contributed by atoms with Crippen LogP contribution in [-0.2, 0) is 0 Å². The molecule has 0 fully saturated rings. The molecule has 1 heterocycles. The largest absolute Gasteiger partial charge is 0.439 e. The van der Waals surface area contributed by atoms with E-state index in [9.17, 15) is 9.18 Å². The van der Waals surface area contributed by atoms with Gasteiger partial charge in [-0.05, 0) is 12.1 Å². The summed E-state index contributed by atoms with van der Waals surface area (Å²) in [6, 6.07) is 4.18. The Balaban J connectivity index is 2.57. The summed E-state index contributed by atoms with van der Waals surface area (Å²) in [6.07, 6.45) is -0.759. The van der Waals surface area contributed by atoms with Crippen molar-refractivity contribution in [3.05, 3.63) is 24.0 Å². The fraction of sp³-hybridized carbons (Fsp3) is 0. The standard InChI is InChI=1S/C7H3FNO2/c8-4-2-1-3-5-6(4)9-7(10)11-5/h1-3H. The zero-order valence-electron chi connectivity index (χ0n) is 5.37. The number of para-hydroxylation sites is 1. The number of amides is 1. The van der Waals surface area contributed by atoms with Crippen molar-refractivity contribution in [2.75, 3.05) is 0 Å². The van der Waals surface area contributed by atoms with Gasteiger partial charge in [-0.15, -0.1) is 0 Å². The van der Waals surface area contributed by atoms with Crippen molar-refractivity contribution in [2.45, 2.75) is 0 Å². The number of halogens is 1. The second kappa shape index (κ2) is 1.95. The molecule has 0 aromatic heterocycles. The Bertz CT molecular complexity index is 324. The van der Waals surface area contributed by atoms with E-state index in [1.165, 1.54) is 18.2 Å². The average Bonchev–Trinajstić information content (AvgIpc) is 2.31. The molecular weight excluding hydrogens is 149 g/mol. The number of hydrogen-bond acceptors (Lipinski definition) is 2. The minimum absolute atomic E-state index is 0.00231. The first-order chi connectivity index (χ1) is 5.27. The highest BCUT2D eigenvalue weighted by Crippen LogP contribution is 2.31. The summed E-state index contributed by atoms with van der Waals surface area (Å²) in [5, 5.41) is 3.32. The summed E-state index contributed by atoms with van der Waals surface area (Å²) in [5.74, 6) is -0.344. The van der Waals surface area contributed by atoms with Crippen LogP contribution in [0.3, 0.4) is 0 Å². The van der Waals surface area contributed by atoms with Crippen LogP contribution in [-0.4, -0.2) is 6.09 Å². The molecule has 55 valence electrons. The molecule has 1 aliphatic heterocycles. The normalized spacial score (nSPS) is 13.7. The second-order valence-corrected chi connectivity index (χ2v) is 2.07. The van der Waals surface area contributed by atoms with Crippen molar-refractivity contribution in [3.63, 3.8) is 0 Å². The topological polar surface area (TPSA) is 40.4 Å². The van der Waals surface area contributed by atoms with E-state index in [0.717, 1.165) is 0 Å². The molecule has 0 unspecified atom stereocenters. The fourth-order valence-electron chi connectivity index (χ4n) is 0.895. The molecule has 0 bridgehead atoms. The summed E-state index contributed by atoms with van der Waals surface area (Å²) in [7, 11) is 0. The van der Waals surface area contributed by atoms with E-state index < -0.39 is 11.9 Å². The van der Waals surface area contributed by atoms with Crippen molar-refractivity contribution in [1.29, 1.82) is 0 Å².